The molecule has 0 aromatic heterocycles. The Hall–Kier alpha value is -0.650. The number of hydrogen-bond donors (Lipinski definition) is 2. The summed E-state index contributed by atoms with van der Waals surface area (Å²) in [7, 11) is 3.05. The number of carbonyl (C=O) groups is 1. The second kappa shape index (κ2) is 7.62. The normalized spacial score (nSPS) is 15.1. The molecule has 90 valence electrons. The van der Waals surface area contributed by atoms with Crippen LogP contribution in [0.2, 0.25) is 0 Å². The Morgan fingerprint density at radius 2 is 1.93 bits per heavy atom. The second-order valence-corrected chi connectivity index (χ2v) is 3.56. The number of methoxy groups -OCH3 is 2. The molecule has 5 nitrogen and oxygen atoms in total. The Balaban J connectivity index is 3.92. The molecule has 0 fully saturated rings. The smallest absolute Gasteiger partial charge is 0.237 e. The Kier molecular flexibility index (Phi) is 7.29. The molecule has 0 saturated carbocycles. The largest absolute Gasteiger partial charge is 0.354 e. The van der Waals surface area contributed by atoms with E-state index in [0.717, 1.165) is 6.42 Å². The van der Waals surface area contributed by atoms with Crippen molar-refractivity contribution >= 4 is 5.91 Å². The summed E-state index contributed by atoms with van der Waals surface area (Å²) in [6.07, 6.45) is 0.463. The highest BCUT2D eigenvalue weighted by Crippen LogP contribution is 2.04. The zero-order valence-electron chi connectivity index (χ0n) is 9.95. The lowest BCUT2D eigenvalue weighted by Crippen LogP contribution is -2.47. The van der Waals surface area contributed by atoms with Crippen LogP contribution in [0.1, 0.15) is 20.3 Å². The van der Waals surface area contributed by atoms with E-state index in [0.29, 0.717) is 6.54 Å². The van der Waals surface area contributed by atoms with E-state index >= 15 is 0 Å². The van der Waals surface area contributed by atoms with Crippen molar-refractivity contribution in [2.24, 2.45) is 11.7 Å². The molecule has 0 aliphatic rings. The SMILES string of the molecule is CCC(C)C(N)C(=O)NCC(OC)OC. The number of hydrogen-bond acceptors (Lipinski definition) is 4. The fraction of sp³-hybridized carbons (Fsp3) is 0.900. The van der Waals surface area contributed by atoms with Crippen LogP contribution >= 0.6 is 0 Å². The molecule has 15 heavy (non-hydrogen) atoms. The van der Waals surface area contributed by atoms with Gasteiger partial charge in [-0.25, -0.2) is 0 Å². The van der Waals surface area contributed by atoms with Crippen LogP contribution in [0.3, 0.4) is 0 Å². The van der Waals surface area contributed by atoms with Crippen LogP contribution in [0.5, 0.6) is 0 Å². The van der Waals surface area contributed by atoms with E-state index in [1.807, 2.05) is 13.8 Å². The summed E-state index contributed by atoms with van der Waals surface area (Å²) in [5.74, 6) is 0.0111. The number of rotatable bonds is 7. The maximum Gasteiger partial charge on any atom is 0.237 e. The summed E-state index contributed by atoms with van der Waals surface area (Å²) in [5.41, 5.74) is 5.75. The summed E-state index contributed by atoms with van der Waals surface area (Å²) >= 11 is 0. The van der Waals surface area contributed by atoms with Crippen LogP contribution in [0.25, 0.3) is 0 Å². The minimum atomic E-state index is -0.468. The standard InChI is InChI=1S/C10H22N2O3/c1-5-7(2)9(11)10(13)12-6-8(14-3)15-4/h7-9H,5-6,11H2,1-4H3,(H,12,13). The third kappa shape index (κ3) is 5.11. The Morgan fingerprint density at radius 1 is 1.40 bits per heavy atom. The highest BCUT2D eigenvalue weighted by Gasteiger charge is 2.19. The zero-order chi connectivity index (χ0) is 11.8. The van der Waals surface area contributed by atoms with Crippen LogP contribution in [-0.2, 0) is 14.3 Å². The third-order valence-corrected chi connectivity index (χ3v) is 2.53. The molecule has 0 aliphatic carbocycles. The third-order valence-electron chi connectivity index (χ3n) is 2.53. The number of amides is 1. The van der Waals surface area contributed by atoms with Crippen LogP contribution in [0.15, 0.2) is 0 Å². The fourth-order valence-electron chi connectivity index (χ4n) is 1.08. The van der Waals surface area contributed by atoms with Crippen molar-refractivity contribution in [2.75, 3.05) is 20.8 Å². The van der Waals surface area contributed by atoms with Crippen LogP contribution in [-0.4, -0.2) is 39.0 Å². The number of carbonyl (C=O) groups excluding carboxylic acids is 1. The van der Waals surface area contributed by atoms with Crippen molar-refractivity contribution in [3.05, 3.63) is 0 Å². The molecular formula is C10H22N2O3. The molecule has 2 atom stereocenters. The molecule has 0 rings (SSSR count). The van der Waals surface area contributed by atoms with Gasteiger partial charge >= 0.3 is 0 Å². The van der Waals surface area contributed by atoms with E-state index in [-0.39, 0.29) is 11.8 Å². The highest BCUT2D eigenvalue weighted by molar-refractivity contribution is 5.81. The van der Waals surface area contributed by atoms with Crippen LogP contribution in [0.4, 0.5) is 0 Å². The van der Waals surface area contributed by atoms with Gasteiger partial charge in [-0.05, 0) is 5.92 Å². The number of nitrogens with two attached hydrogens (primary N) is 1. The van der Waals surface area contributed by atoms with E-state index in [4.69, 9.17) is 15.2 Å². The minimum Gasteiger partial charge on any atom is -0.354 e. The maximum atomic E-state index is 11.5. The monoisotopic (exact) mass is 218 g/mol. The first-order valence-corrected chi connectivity index (χ1v) is 5.15. The molecule has 3 N–H and O–H groups in total. The van der Waals surface area contributed by atoms with Gasteiger partial charge in [0.15, 0.2) is 6.29 Å². The highest BCUT2D eigenvalue weighted by atomic mass is 16.7. The molecule has 0 radical (unpaired) electrons. The lowest BCUT2D eigenvalue weighted by Gasteiger charge is -2.19. The lowest BCUT2D eigenvalue weighted by molar-refractivity contribution is -0.129. The quantitative estimate of drug-likeness (QED) is 0.594. The molecule has 0 aromatic carbocycles. The molecule has 0 saturated heterocycles. The van der Waals surface area contributed by atoms with Gasteiger partial charge in [0.25, 0.3) is 0 Å². The predicted molar refractivity (Wildman–Crippen MR) is 58.2 cm³/mol. The lowest BCUT2D eigenvalue weighted by atomic mass is 9.99. The zero-order valence-corrected chi connectivity index (χ0v) is 9.95. The van der Waals surface area contributed by atoms with Gasteiger partial charge in [-0.1, -0.05) is 20.3 Å². The van der Waals surface area contributed by atoms with Gasteiger partial charge in [-0.3, -0.25) is 4.79 Å². The Bertz CT molecular complexity index is 184. The van der Waals surface area contributed by atoms with E-state index in [1.54, 1.807) is 0 Å². The summed E-state index contributed by atoms with van der Waals surface area (Å²) in [6, 6.07) is -0.468. The molecule has 0 heterocycles. The summed E-state index contributed by atoms with van der Waals surface area (Å²) in [4.78, 5) is 11.5. The predicted octanol–water partition coefficient (Wildman–Crippen LogP) is 0.0949. The fourth-order valence-corrected chi connectivity index (χ4v) is 1.08. The Morgan fingerprint density at radius 3 is 2.33 bits per heavy atom. The average molecular weight is 218 g/mol. The molecule has 1 amide bonds. The first-order chi connectivity index (χ1) is 7.06. The summed E-state index contributed by atoms with van der Waals surface area (Å²) < 4.78 is 9.88. The van der Waals surface area contributed by atoms with Crippen molar-refractivity contribution < 1.29 is 14.3 Å². The van der Waals surface area contributed by atoms with E-state index < -0.39 is 12.3 Å². The number of nitrogens with one attached hydrogen (secondary N) is 1. The topological polar surface area (TPSA) is 73.6 Å². The first kappa shape index (κ1) is 14.3. The van der Waals surface area contributed by atoms with E-state index in [9.17, 15) is 4.79 Å². The maximum absolute atomic E-state index is 11.5. The molecular weight excluding hydrogens is 196 g/mol. The van der Waals surface area contributed by atoms with Gasteiger partial charge in [0.2, 0.25) is 5.91 Å². The molecule has 0 bridgehead atoms. The van der Waals surface area contributed by atoms with Crippen LogP contribution in [0, 0.1) is 5.92 Å². The van der Waals surface area contributed by atoms with E-state index in [2.05, 4.69) is 5.32 Å². The van der Waals surface area contributed by atoms with Gasteiger partial charge in [-0.15, -0.1) is 0 Å². The van der Waals surface area contributed by atoms with Crippen molar-refractivity contribution in [1.82, 2.24) is 5.32 Å². The Labute approximate surface area is 91.3 Å². The minimum absolute atomic E-state index is 0.163. The summed E-state index contributed by atoms with van der Waals surface area (Å²) in [6.45, 7) is 4.27. The van der Waals surface area contributed by atoms with E-state index in [1.165, 1.54) is 14.2 Å². The molecule has 0 aliphatic heterocycles. The molecule has 5 heteroatoms. The average Bonchev–Trinajstić information content (AvgIpc) is 2.27. The van der Waals surface area contributed by atoms with Gasteiger partial charge in [0.05, 0.1) is 12.6 Å². The second-order valence-electron chi connectivity index (χ2n) is 3.56. The van der Waals surface area contributed by atoms with Crippen molar-refractivity contribution in [3.63, 3.8) is 0 Å². The van der Waals surface area contributed by atoms with Crippen molar-refractivity contribution in [1.29, 1.82) is 0 Å². The van der Waals surface area contributed by atoms with Gasteiger partial charge in [0.1, 0.15) is 0 Å². The molecule has 0 spiro atoms. The molecule has 0 aromatic rings. The van der Waals surface area contributed by atoms with Gasteiger partial charge in [-0.2, -0.15) is 0 Å². The van der Waals surface area contributed by atoms with Crippen LogP contribution < -0.4 is 11.1 Å². The summed E-state index contributed by atoms with van der Waals surface area (Å²) in [5, 5.41) is 2.69. The number of ether oxygens (including phenoxy) is 2. The van der Waals surface area contributed by atoms with Gasteiger partial charge in [0, 0.05) is 14.2 Å². The van der Waals surface area contributed by atoms with Crippen molar-refractivity contribution in [2.45, 2.75) is 32.6 Å². The first-order valence-electron chi connectivity index (χ1n) is 5.15. The van der Waals surface area contributed by atoms with Crippen molar-refractivity contribution in [3.8, 4) is 0 Å². The molecule has 2 unspecified atom stereocenters. The van der Waals surface area contributed by atoms with Gasteiger partial charge < -0.3 is 20.5 Å².